The normalized spacial score (nSPS) is 24.5. The molecule has 1 aromatic heterocycles. The standard InChI is InChI=1S/C16H19NO/c1-12(16-8-5-9-18-16)17-15-10-14(11-15)13-6-3-2-4-7-13/h2-9,12,14-15,17H,10-11H2,1H3/t12-,14?,15?/m0/s1. The van der Waals surface area contributed by atoms with Crippen molar-refractivity contribution in [3.05, 3.63) is 60.1 Å². The van der Waals surface area contributed by atoms with Gasteiger partial charge >= 0.3 is 0 Å². The summed E-state index contributed by atoms with van der Waals surface area (Å²) >= 11 is 0. The molecule has 0 amide bonds. The molecule has 1 fully saturated rings. The summed E-state index contributed by atoms with van der Waals surface area (Å²) in [6.07, 6.45) is 4.20. The number of benzene rings is 1. The third-order valence-electron chi connectivity index (χ3n) is 3.86. The topological polar surface area (TPSA) is 25.2 Å². The quantitative estimate of drug-likeness (QED) is 0.878. The van der Waals surface area contributed by atoms with Crippen molar-refractivity contribution in [3.8, 4) is 0 Å². The Hall–Kier alpha value is -1.54. The first kappa shape index (κ1) is 11.5. The highest BCUT2D eigenvalue weighted by Gasteiger charge is 2.31. The molecule has 2 nitrogen and oxygen atoms in total. The minimum atomic E-state index is 0.307. The zero-order valence-electron chi connectivity index (χ0n) is 10.7. The van der Waals surface area contributed by atoms with E-state index in [2.05, 4.69) is 42.6 Å². The van der Waals surface area contributed by atoms with Gasteiger partial charge in [-0.1, -0.05) is 30.3 Å². The summed E-state index contributed by atoms with van der Waals surface area (Å²) < 4.78 is 5.41. The van der Waals surface area contributed by atoms with Gasteiger partial charge in [-0.2, -0.15) is 0 Å². The molecule has 1 aliphatic rings. The van der Waals surface area contributed by atoms with Crippen molar-refractivity contribution >= 4 is 0 Å². The largest absolute Gasteiger partial charge is 0.468 e. The fourth-order valence-corrected chi connectivity index (χ4v) is 2.72. The second-order valence-corrected chi connectivity index (χ2v) is 5.18. The van der Waals surface area contributed by atoms with Crippen LogP contribution in [-0.2, 0) is 0 Å². The molecule has 1 aromatic carbocycles. The SMILES string of the molecule is C[C@H](NC1CC(c2ccccc2)C1)c1ccco1. The van der Waals surface area contributed by atoms with Crippen molar-refractivity contribution in [2.24, 2.45) is 0 Å². The Bertz CT molecular complexity index is 471. The molecule has 2 aromatic rings. The van der Waals surface area contributed by atoms with Crippen LogP contribution >= 0.6 is 0 Å². The zero-order valence-corrected chi connectivity index (χ0v) is 10.7. The van der Waals surface area contributed by atoms with Gasteiger partial charge in [-0.15, -0.1) is 0 Å². The molecule has 0 bridgehead atoms. The molecule has 0 unspecified atom stereocenters. The summed E-state index contributed by atoms with van der Waals surface area (Å²) in [5.41, 5.74) is 1.47. The van der Waals surface area contributed by atoms with Gasteiger partial charge in [0.2, 0.25) is 0 Å². The van der Waals surface area contributed by atoms with Gasteiger partial charge in [0.15, 0.2) is 0 Å². The minimum Gasteiger partial charge on any atom is -0.468 e. The van der Waals surface area contributed by atoms with Gasteiger partial charge in [-0.3, -0.25) is 0 Å². The highest BCUT2D eigenvalue weighted by molar-refractivity contribution is 5.23. The van der Waals surface area contributed by atoms with Crippen molar-refractivity contribution in [1.82, 2.24) is 5.32 Å². The van der Waals surface area contributed by atoms with Gasteiger partial charge < -0.3 is 9.73 Å². The highest BCUT2D eigenvalue weighted by atomic mass is 16.3. The third-order valence-corrected chi connectivity index (χ3v) is 3.86. The molecule has 1 heterocycles. The Morgan fingerprint density at radius 1 is 1.11 bits per heavy atom. The van der Waals surface area contributed by atoms with Crippen molar-refractivity contribution in [2.45, 2.75) is 37.8 Å². The maximum absolute atomic E-state index is 5.41. The van der Waals surface area contributed by atoms with Crippen LogP contribution in [0.5, 0.6) is 0 Å². The van der Waals surface area contributed by atoms with E-state index in [4.69, 9.17) is 4.42 Å². The van der Waals surface area contributed by atoms with Crippen LogP contribution in [0.25, 0.3) is 0 Å². The summed E-state index contributed by atoms with van der Waals surface area (Å²) in [5.74, 6) is 1.76. The van der Waals surface area contributed by atoms with Crippen LogP contribution < -0.4 is 5.32 Å². The third kappa shape index (κ3) is 2.34. The van der Waals surface area contributed by atoms with Crippen molar-refractivity contribution in [3.63, 3.8) is 0 Å². The molecule has 3 rings (SSSR count). The molecular weight excluding hydrogens is 222 g/mol. The molecule has 18 heavy (non-hydrogen) atoms. The van der Waals surface area contributed by atoms with Crippen molar-refractivity contribution in [1.29, 1.82) is 0 Å². The number of nitrogens with one attached hydrogen (secondary N) is 1. The fourth-order valence-electron chi connectivity index (χ4n) is 2.72. The van der Waals surface area contributed by atoms with E-state index in [9.17, 15) is 0 Å². The molecule has 94 valence electrons. The van der Waals surface area contributed by atoms with E-state index < -0.39 is 0 Å². The Morgan fingerprint density at radius 3 is 2.56 bits per heavy atom. The summed E-state index contributed by atoms with van der Waals surface area (Å²) in [7, 11) is 0. The van der Waals surface area contributed by atoms with Gasteiger partial charge in [-0.05, 0) is 43.4 Å². The van der Waals surface area contributed by atoms with E-state index in [1.165, 1.54) is 18.4 Å². The van der Waals surface area contributed by atoms with Crippen LogP contribution in [0.2, 0.25) is 0 Å². The Balaban J connectivity index is 1.51. The first-order chi connectivity index (χ1) is 8.83. The zero-order chi connectivity index (χ0) is 12.4. The van der Waals surface area contributed by atoms with Crippen LogP contribution in [0.4, 0.5) is 0 Å². The van der Waals surface area contributed by atoms with E-state index in [1.807, 2.05) is 12.1 Å². The van der Waals surface area contributed by atoms with Gasteiger partial charge in [0.25, 0.3) is 0 Å². The predicted octanol–water partition coefficient (Wildman–Crippen LogP) is 3.88. The van der Waals surface area contributed by atoms with Crippen LogP contribution in [0.3, 0.4) is 0 Å². The Kier molecular flexibility index (Phi) is 3.20. The smallest absolute Gasteiger partial charge is 0.120 e. The van der Waals surface area contributed by atoms with Crippen LogP contribution in [-0.4, -0.2) is 6.04 Å². The molecule has 1 N–H and O–H groups in total. The van der Waals surface area contributed by atoms with Gasteiger partial charge in [0.1, 0.15) is 5.76 Å². The number of furan rings is 1. The second-order valence-electron chi connectivity index (χ2n) is 5.18. The van der Waals surface area contributed by atoms with E-state index in [1.54, 1.807) is 6.26 Å². The average Bonchev–Trinajstić information content (AvgIpc) is 2.88. The van der Waals surface area contributed by atoms with E-state index in [0.29, 0.717) is 12.1 Å². The lowest BCUT2D eigenvalue weighted by Gasteiger charge is -2.37. The molecule has 1 saturated carbocycles. The van der Waals surface area contributed by atoms with Gasteiger partial charge in [0.05, 0.1) is 12.3 Å². The first-order valence-electron chi connectivity index (χ1n) is 6.67. The Morgan fingerprint density at radius 2 is 1.89 bits per heavy atom. The lowest BCUT2D eigenvalue weighted by Crippen LogP contribution is -2.41. The molecule has 0 saturated heterocycles. The molecule has 1 aliphatic carbocycles. The van der Waals surface area contributed by atoms with Gasteiger partial charge in [-0.25, -0.2) is 0 Å². The number of hydrogen-bond donors (Lipinski definition) is 1. The lowest BCUT2D eigenvalue weighted by molar-refractivity contribution is 0.258. The average molecular weight is 241 g/mol. The predicted molar refractivity (Wildman–Crippen MR) is 72.5 cm³/mol. The van der Waals surface area contributed by atoms with Crippen LogP contribution in [0.1, 0.15) is 43.0 Å². The summed E-state index contributed by atoms with van der Waals surface area (Å²) in [6, 6.07) is 15.7. The second kappa shape index (κ2) is 4.99. The van der Waals surface area contributed by atoms with Gasteiger partial charge in [0, 0.05) is 6.04 Å². The summed E-state index contributed by atoms with van der Waals surface area (Å²) in [4.78, 5) is 0. The fraction of sp³-hybridized carbons (Fsp3) is 0.375. The maximum atomic E-state index is 5.41. The van der Waals surface area contributed by atoms with E-state index >= 15 is 0 Å². The van der Waals surface area contributed by atoms with Crippen molar-refractivity contribution in [2.75, 3.05) is 0 Å². The maximum Gasteiger partial charge on any atom is 0.120 e. The van der Waals surface area contributed by atoms with E-state index in [0.717, 1.165) is 11.7 Å². The number of rotatable bonds is 4. The van der Waals surface area contributed by atoms with E-state index in [-0.39, 0.29) is 0 Å². The summed E-state index contributed by atoms with van der Waals surface area (Å²) in [6.45, 7) is 2.16. The molecule has 0 radical (unpaired) electrons. The van der Waals surface area contributed by atoms with Crippen LogP contribution in [0.15, 0.2) is 53.1 Å². The van der Waals surface area contributed by atoms with Crippen LogP contribution in [0, 0.1) is 0 Å². The molecule has 0 aliphatic heterocycles. The minimum absolute atomic E-state index is 0.307. The summed E-state index contributed by atoms with van der Waals surface area (Å²) in [5, 5.41) is 3.62. The number of hydrogen-bond acceptors (Lipinski definition) is 2. The molecule has 2 heteroatoms. The highest BCUT2D eigenvalue weighted by Crippen LogP contribution is 2.37. The molecule has 0 spiro atoms. The molecular formula is C16H19NO. The Labute approximate surface area is 108 Å². The monoisotopic (exact) mass is 241 g/mol. The first-order valence-corrected chi connectivity index (χ1v) is 6.67. The van der Waals surface area contributed by atoms with Crippen molar-refractivity contribution < 1.29 is 4.42 Å². The lowest BCUT2D eigenvalue weighted by atomic mass is 9.75. The molecule has 1 atom stereocenters.